The number of alkyl halides is 1. The molecule has 1 N–H and O–H groups in total. The SMILES string of the molecule is BC(B)(B)Oc1cc(S(C)(=O)=O)ccc1NCC#Cc1cc2c(N(C)C3=CCN(C)CC3)cccc2n1CC(C)(C)F. The standard InChI is InChI=1S/C30H40B3FN4O3S/c1-29(2,34)20-38-22(18-24-26(9-6-10-27(24)38)37(4)21-13-16-36(3)17-14-21)8-7-15-35-25-12-11-23(42(5,39)40)19-28(25)41-30(31,32)33/h6,9-13,18-19,35H,14-17,20,31-33H2,1-5H3. The average Bonchev–Trinajstić information content (AvgIpc) is 3.21. The minimum Gasteiger partial charge on any atom is -0.511 e. The summed E-state index contributed by atoms with van der Waals surface area (Å²) in [6, 6.07) is 13.0. The summed E-state index contributed by atoms with van der Waals surface area (Å²) in [7, 11) is 6.54. The molecule has 0 unspecified atom stereocenters. The van der Waals surface area contributed by atoms with Crippen LogP contribution in [0, 0.1) is 11.8 Å². The molecular formula is C30H40B3FN4O3S. The minimum atomic E-state index is -3.39. The van der Waals surface area contributed by atoms with Crippen LogP contribution in [-0.2, 0) is 16.4 Å². The summed E-state index contributed by atoms with van der Waals surface area (Å²) in [6.07, 6.45) is 4.40. The summed E-state index contributed by atoms with van der Waals surface area (Å²) in [5.74, 6) is 6.88. The molecule has 1 aliphatic rings. The molecule has 0 fully saturated rings. The van der Waals surface area contributed by atoms with Crippen molar-refractivity contribution >= 4 is 55.7 Å². The van der Waals surface area contributed by atoms with Gasteiger partial charge in [-0.3, -0.25) is 0 Å². The van der Waals surface area contributed by atoms with Crippen LogP contribution in [0.1, 0.15) is 26.0 Å². The lowest BCUT2D eigenvalue weighted by Gasteiger charge is -2.29. The third-order valence-corrected chi connectivity index (χ3v) is 8.13. The van der Waals surface area contributed by atoms with E-state index in [1.165, 1.54) is 18.0 Å². The number of likely N-dealkylation sites (N-methyl/N-ethyl adjacent to an activating group) is 1. The van der Waals surface area contributed by atoms with Gasteiger partial charge >= 0.3 is 0 Å². The first-order valence-corrected chi connectivity index (χ1v) is 16.1. The maximum absolute atomic E-state index is 15.0. The molecule has 0 saturated carbocycles. The third-order valence-electron chi connectivity index (χ3n) is 7.02. The van der Waals surface area contributed by atoms with Crippen molar-refractivity contribution < 1.29 is 17.5 Å². The summed E-state index contributed by atoms with van der Waals surface area (Å²) in [6.45, 7) is 5.53. The number of aromatic nitrogens is 1. The van der Waals surface area contributed by atoms with Gasteiger partial charge in [0.15, 0.2) is 9.84 Å². The van der Waals surface area contributed by atoms with Crippen molar-refractivity contribution in [3.05, 3.63) is 59.9 Å². The van der Waals surface area contributed by atoms with Crippen molar-refractivity contribution in [2.45, 2.75) is 42.7 Å². The lowest BCUT2D eigenvalue weighted by Crippen LogP contribution is -2.37. The van der Waals surface area contributed by atoms with Crippen LogP contribution in [-0.4, -0.2) is 92.4 Å². The van der Waals surface area contributed by atoms with Gasteiger partial charge < -0.3 is 24.4 Å². The first kappa shape index (κ1) is 31.6. The van der Waals surface area contributed by atoms with Crippen molar-refractivity contribution in [1.29, 1.82) is 0 Å². The monoisotopic (exact) mass is 588 g/mol. The lowest BCUT2D eigenvalue weighted by molar-refractivity contribution is 0.188. The predicted octanol–water partition coefficient (Wildman–Crippen LogP) is 1.80. The van der Waals surface area contributed by atoms with Crippen LogP contribution in [0.2, 0.25) is 0 Å². The summed E-state index contributed by atoms with van der Waals surface area (Å²) in [5, 5.41) is 3.77. The number of nitrogens with one attached hydrogen (secondary N) is 1. The molecule has 220 valence electrons. The Hall–Kier alpha value is -3.29. The zero-order valence-corrected chi connectivity index (χ0v) is 26.8. The fourth-order valence-electron chi connectivity index (χ4n) is 5.00. The van der Waals surface area contributed by atoms with Gasteiger partial charge in [0.1, 0.15) is 35.0 Å². The molecule has 12 heteroatoms. The first-order chi connectivity index (χ1) is 19.5. The Morgan fingerprint density at radius 1 is 1.17 bits per heavy atom. The normalized spacial score (nSPS) is 14.7. The van der Waals surface area contributed by atoms with Gasteiger partial charge in [0.2, 0.25) is 0 Å². The highest BCUT2D eigenvalue weighted by Gasteiger charge is 2.22. The molecule has 7 nitrogen and oxygen atoms in total. The Morgan fingerprint density at radius 3 is 2.52 bits per heavy atom. The van der Waals surface area contributed by atoms with E-state index in [1.807, 2.05) is 46.3 Å². The highest BCUT2D eigenvalue weighted by atomic mass is 32.2. The topological polar surface area (TPSA) is 66.8 Å². The van der Waals surface area contributed by atoms with Crippen LogP contribution < -0.4 is 15.0 Å². The van der Waals surface area contributed by atoms with E-state index in [-0.39, 0.29) is 18.0 Å². The number of halogens is 1. The molecule has 0 bridgehead atoms. The Morgan fingerprint density at radius 2 is 1.90 bits per heavy atom. The molecule has 1 aromatic heterocycles. The van der Waals surface area contributed by atoms with Gasteiger partial charge in [0.05, 0.1) is 40.6 Å². The largest absolute Gasteiger partial charge is 0.511 e. The van der Waals surface area contributed by atoms with Crippen LogP contribution in [0.15, 0.2) is 59.1 Å². The number of hydrogen-bond acceptors (Lipinski definition) is 6. The Kier molecular flexibility index (Phi) is 9.15. The number of nitrogens with zero attached hydrogens (tertiary/aromatic N) is 3. The van der Waals surface area contributed by atoms with Crippen molar-refractivity contribution in [1.82, 2.24) is 9.47 Å². The van der Waals surface area contributed by atoms with E-state index >= 15 is 0 Å². The number of hydrogen-bond donors (Lipinski definition) is 1. The molecule has 1 aliphatic heterocycles. The maximum atomic E-state index is 15.0. The molecule has 3 aromatic rings. The van der Waals surface area contributed by atoms with Gasteiger partial charge in [-0.15, -0.1) is 0 Å². The summed E-state index contributed by atoms with van der Waals surface area (Å²) in [5.41, 5.74) is 3.22. The molecule has 0 saturated heterocycles. The zero-order chi connectivity index (χ0) is 30.9. The van der Waals surface area contributed by atoms with E-state index in [9.17, 15) is 12.8 Å². The number of sulfone groups is 1. The molecular weight excluding hydrogens is 548 g/mol. The van der Waals surface area contributed by atoms with E-state index < -0.39 is 20.8 Å². The van der Waals surface area contributed by atoms with Gasteiger partial charge in [0, 0.05) is 55.3 Å². The average molecular weight is 588 g/mol. The van der Waals surface area contributed by atoms with Crippen LogP contribution >= 0.6 is 0 Å². The van der Waals surface area contributed by atoms with Gasteiger partial charge in [-0.25, -0.2) is 12.8 Å². The highest BCUT2D eigenvalue weighted by molar-refractivity contribution is 7.90. The van der Waals surface area contributed by atoms with Crippen LogP contribution in [0.3, 0.4) is 0 Å². The van der Waals surface area contributed by atoms with Crippen molar-refractivity contribution in [3.8, 4) is 17.6 Å². The quantitative estimate of drug-likeness (QED) is 0.304. The van der Waals surface area contributed by atoms with E-state index in [4.69, 9.17) is 4.74 Å². The van der Waals surface area contributed by atoms with Gasteiger partial charge in [-0.2, -0.15) is 0 Å². The molecule has 2 aromatic carbocycles. The number of fused-ring (bicyclic) bond motifs is 1. The second-order valence-electron chi connectivity index (χ2n) is 12.6. The molecule has 2 heterocycles. The molecule has 0 aliphatic carbocycles. The predicted molar refractivity (Wildman–Crippen MR) is 180 cm³/mol. The number of ether oxygens (including phenoxy) is 1. The summed E-state index contributed by atoms with van der Waals surface area (Å²) >= 11 is 0. The van der Waals surface area contributed by atoms with E-state index in [0.29, 0.717) is 11.4 Å². The molecule has 0 amide bonds. The van der Waals surface area contributed by atoms with Crippen LogP contribution in [0.5, 0.6) is 5.75 Å². The second-order valence-corrected chi connectivity index (χ2v) is 14.6. The smallest absolute Gasteiger partial charge is 0.175 e. The Labute approximate surface area is 252 Å². The molecule has 0 atom stereocenters. The fraction of sp³-hybridized carbons (Fsp3) is 0.400. The molecule has 4 rings (SSSR count). The minimum absolute atomic E-state index is 0.172. The molecule has 0 spiro atoms. The van der Waals surface area contributed by atoms with Crippen molar-refractivity contribution in [2.75, 3.05) is 50.2 Å². The summed E-state index contributed by atoms with van der Waals surface area (Å²) in [4.78, 5) is 4.71. The Balaban J connectivity index is 1.66. The van der Waals surface area contributed by atoms with E-state index in [1.54, 1.807) is 26.0 Å². The zero-order valence-electron chi connectivity index (χ0n) is 26.0. The maximum Gasteiger partial charge on any atom is 0.175 e. The number of benzene rings is 2. The number of anilines is 2. The van der Waals surface area contributed by atoms with E-state index in [2.05, 4.69) is 53.2 Å². The summed E-state index contributed by atoms with van der Waals surface area (Å²) < 4.78 is 47.2. The van der Waals surface area contributed by atoms with Crippen molar-refractivity contribution in [2.24, 2.45) is 0 Å². The second kappa shape index (κ2) is 12.1. The first-order valence-electron chi connectivity index (χ1n) is 14.2. The fourth-order valence-corrected chi connectivity index (χ4v) is 5.63. The third kappa shape index (κ3) is 7.96. The lowest BCUT2D eigenvalue weighted by atomic mass is 9.52. The Bertz CT molecular complexity index is 1660. The van der Waals surface area contributed by atoms with E-state index in [0.717, 1.165) is 41.8 Å². The van der Waals surface area contributed by atoms with Crippen LogP contribution in [0.25, 0.3) is 10.9 Å². The highest BCUT2D eigenvalue weighted by Crippen LogP contribution is 2.33. The van der Waals surface area contributed by atoms with Gasteiger partial charge in [-0.1, -0.05) is 18.1 Å². The van der Waals surface area contributed by atoms with Crippen LogP contribution in [0.4, 0.5) is 15.8 Å². The van der Waals surface area contributed by atoms with Crippen molar-refractivity contribution in [3.63, 3.8) is 0 Å². The molecule has 0 radical (unpaired) electrons. The van der Waals surface area contributed by atoms with Gasteiger partial charge in [0.25, 0.3) is 0 Å². The molecule has 42 heavy (non-hydrogen) atoms. The number of rotatable bonds is 9. The van der Waals surface area contributed by atoms with Gasteiger partial charge in [-0.05, 0) is 57.1 Å².